The van der Waals surface area contributed by atoms with Crippen molar-refractivity contribution in [1.29, 1.82) is 0 Å². The van der Waals surface area contributed by atoms with E-state index in [0.717, 1.165) is 11.4 Å². The van der Waals surface area contributed by atoms with E-state index in [-0.39, 0.29) is 10.7 Å². The molecule has 19 heavy (non-hydrogen) atoms. The van der Waals surface area contributed by atoms with E-state index in [1.807, 2.05) is 13.8 Å². The molecule has 0 aromatic carbocycles. The van der Waals surface area contributed by atoms with E-state index in [0.29, 0.717) is 23.9 Å². The number of rotatable bonds is 3. The Balaban J connectivity index is 2.50. The summed E-state index contributed by atoms with van der Waals surface area (Å²) >= 11 is 12.0. The van der Waals surface area contributed by atoms with Gasteiger partial charge in [0.25, 0.3) is 5.56 Å². The lowest BCUT2D eigenvalue weighted by molar-refractivity contribution is 0.581. The van der Waals surface area contributed by atoms with Crippen LogP contribution in [0.3, 0.4) is 0 Å². The van der Waals surface area contributed by atoms with Gasteiger partial charge in [-0.25, -0.2) is 4.98 Å². The number of aryl methyl sites for hydroxylation is 3. The van der Waals surface area contributed by atoms with Gasteiger partial charge in [-0.2, -0.15) is 5.10 Å². The van der Waals surface area contributed by atoms with Crippen LogP contribution < -0.4 is 5.56 Å². The van der Waals surface area contributed by atoms with Gasteiger partial charge in [-0.1, -0.05) is 23.2 Å². The molecule has 2 aromatic rings. The Morgan fingerprint density at radius 2 is 2.00 bits per heavy atom. The Labute approximate surface area is 120 Å². The maximum atomic E-state index is 11.9. The molecule has 0 bridgehead atoms. The molecule has 0 amide bonds. The monoisotopic (exact) mass is 300 g/mol. The van der Waals surface area contributed by atoms with Crippen LogP contribution in [0.5, 0.6) is 0 Å². The lowest BCUT2D eigenvalue weighted by atomic mass is 10.3. The third-order valence-corrected chi connectivity index (χ3v) is 3.61. The zero-order valence-corrected chi connectivity index (χ0v) is 12.5. The Kier molecular flexibility index (Phi) is 3.96. The van der Waals surface area contributed by atoms with E-state index in [1.54, 1.807) is 11.6 Å². The van der Waals surface area contributed by atoms with Crippen molar-refractivity contribution in [3.63, 3.8) is 0 Å². The summed E-state index contributed by atoms with van der Waals surface area (Å²) in [6.07, 6.45) is 0. The first-order chi connectivity index (χ1) is 8.93. The van der Waals surface area contributed by atoms with Crippen molar-refractivity contribution in [2.24, 2.45) is 0 Å². The van der Waals surface area contributed by atoms with Gasteiger partial charge in [0.1, 0.15) is 11.0 Å². The number of nitrogens with zero attached hydrogens (tertiary/aromatic N) is 4. The molecule has 7 heteroatoms. The van der Waals surface area contributed by atoms with E-state index in [1.165, 1.54) is 10.6 Å². The van der Waals surface area contributed by atoms with Crippen molar-refractivity contribution >= 4 is 23.2 Å². The van der Waals surface area contributed by atoms with Crippen LogP contribution in [0, 0.1) is 13.8 Å². The molecule has 5 nitrogen and oxygen atoms in total. The van der Waals surface area contributed by atoms with E-state index in [4.69, 9.17) is 23.2 Å². The SMILES string of the molecule is CCn1nc(C)c(Cl)c1Cn1c(C)nc(Cl)cc1=O. The van der Waals surface area contributed by atoms with Gasteiger partial charge in [-0.05, 0) is 20.8 Å². The molecule has 0 N–H and O–H groups in total. The molecule has 102 valence electrons. The summed E-state index contributed by atoms with van der Waals surface area (Å²) in [4.78, 5) is 16.0. The number of aromatic nitrogens is 4. The van der Waals surface area contributed by atoms with Crippen LogP contribution in [0.15, 0.2) is 10.9 Å². The van der Waals surface area contributed by atoms with Crippen LogP contribution in [-0.2, 0) is 13.1 Å². The molecule has 0 spiro atoms. The van der Waals surface area contributed by atoms with Gasteiger partial charge in [-0.3, -0.25) is 14.0 Å². The normalized spacial score (nSPS) is 11.0. The summed E-state index contributed by atoms with van der Waals surface area (Å²) in [5, 5.41) is 5.11. The Morgan fingerprint density at radius 1 is 1.32 bits per heavy atom. The van der Waals surface area contributed by atoms with Crippen molar-refractivity contribution in [2.45, 2.75) is 33.9 Å². The fourth-order valence-electron chi connectivity index (χ4n) is 1.95. The summed E-state index contributed by atoms with van der Waals surface area (Å²) in [6.45, 7) is 6.58. The Hall–Kier alpha value is -1.33. The highest BCUT2D eigenvalue weighted by Crippen LogP contribution is 2.21. The average Bonchev–Trinajstić information content (AvgIpc) is 2.60. The van der Waals surface area contributed by atoms with Gasteiger partial charge in [0, 0.05) is 12.6 Å². The predicted octanol–water partition coefficient (Wildman–Crippen LogP) is 2.43. The smallest absolute Gasteiger partial charge is 0.255 e. The molecular weight excluding hydrogens is 287 g/mol. The first kappa shape index (κ1) is 14.1. The van der Waals surface area contributed by atoms with Gasteiger partial charge >= 0.3 is 0 Å². The second kappa shape index (κ2) is 5.35. The van der Waals surface area contributed by atoms with Crippen LogP contribution >= 0.6 is 23.2 Å². The topological polar surface area (TPSA) is 52.7 Å². The van der Waals surface area contributed by atoms with Gasteiger partial charge in [-0.15, -0.1) is 0 Å². The highest BCUT2D eigenvalue weighted by molar-refractivity contribution is 6.31. The van der Waals surface area contributed by atoms with Crippen molar-refractivity contribution in [3.05, 3.63) is 43.8 Å². The van der Waals surface area contributed by atoms with Crippen LogP contribution in [0.4, 0.5) is 0 Å². The maximum absolute atomic E-state index is 11.9. The predicted molar refractivity (Wildman–Crippen MR) is 75.0 cm³/mol. The van der Waals surface area contributed by atoms with Gasteiger partial charge < -0.3 is 0 Å². The number of halogens is 2. The Morgan fingerprint density at radius 3 is 2.58 bits per heavy atom. The quantitative estimate of drug-likeness (QED) is 0.818. The van der Waals surface area contributed by atoms with Crippen molar-refractivity contribution < 1.29 is 0 Å². The summed E-state index contributed by atoms with van der Waals surface area (Å²) in [7, 11) is 0. The number of hydrogen-bond acceptors (Lipinski definition) is 3. The lowest BCUT2D eigenvalue weighted by Gasteiger charge is -2.10. The molecule has 0 saturated heterocycles. The van der Waals surface area contributed by atoms with E-state index in [2.05, 4.69) is 10.1 Å². The lowest BCUT2D eigenvalue weighted by Crippen LogP contribution is -2.24. The third kappa shape index (κ3) is 2.67. The molecule has 2 aromatic heterocycles. The molecule has 0 saturated carbocycles. The zero-order chi connectivity index (χ0) is 14.2. The van der Waals surface area contributed by atoms with Crippen LogP contribution in [0.25, 0.3) is 0 Å². The minimum absolute atomic E-state index is 0.199. The molecule has 0 aliphatic heterocycles. The first-order valence-corrected chi connectivity index (χ1v) is 6.65. The molecule has 0 aliphatic carbocycles. The second-order valence-electron chi connectivity index (χ2n) is 4.21. The molecule has 0 radical (unpaired) electrons. The summed E-state index contributed by atoms with van der Waals surface area (Å²) in [6, 6.07) is 1.29. The van der Waals surface area contributed by atoms with Crippen LogP contribution in [-0.4, -0.2) is 19.3 Å². The molecule has 0 unspecified atom stereocenters. The van der Waals surface area contributed by atoms with Gasteiger partial charge in [0.2, 0.25) is 0 Å². The van der Waals surface area contributed by atoms with E-state index >= 15 is 0 Å². The third-order valence-electron chi connectivity index (χ3n) is 2.93. The molecule has 2 rings (SSSR count). The highest BCUT2D eigenvalue weighted by Gasteiger charge is 2.15. The Bertz CT molecular complexity index is 675. The molecule has 0 aliphatic rings. The standard InChI is InChI=1S/C12H14Cl2N4O/c1-4-18-9(12(14)7(2)16-18)6-17-8(3)15-10(13)5-11(17)19/h5H,4,6H2,1-3H3. The first-order valence-electron chi connectivity index (χ1n) is 5.89. The minimum Gasteiger partial charge on any atom is -0.291 e. The minimum atomic E-state index is -0.199. The van der Waals surface area contributed by atoms with Crippen molar-refractivity contribution in [1.82, 2.24) is 19.3 Å². The average molecular weight is 301 g/mol. The second-order valence-corrected chi connectivity index (χ2v) is 4.98. The maximum Gasteiger partial charge on any atom is 0.255 e. The molecule has 0 atom stereocenters. The van der Waals surface area contributed by atoms with Crippen LogP contribution in [0.2, 0.25) is 10.2 Å². The highest BCUT2D eigenvalue weighted by atomic mass is 35.5. The van der Waals surface area contributed by atoms with Gasteiger partial charge in [0.15, 0.2) is 0 Å². The van der Waals surface area contributed by atoms with Crippen molar-refractivity contribution in [3.8, 4) is 0 Å². The fourth-order valence-corrected chi connectivity index (χ4v) is 2.36. The van der Waals surface area contributed by atoms with E-state index in [9.17, 15) is 4.79 Å². The molecular formula is C12H14Cl2N4O. The van der Waals surface area contributed by atoms with Crippen LogP contribution in [0.1, 0.15) is 24.1 Å². The number of hydrogen-bond donors (Lipinski definition) is 0. The molecule has 2 heterocycles. The largest absolute Gasteiger partial charge is 0.291 e. The van der Waals surface area contributed by atoms with Crippen molar-refractivity contribution in [2.75, 3.05) is 0 Å². The molecule has 0 fully saturated rings. The summed E-state index contributed by atoms with van der Waals surface area (Å²) in [5.41, 5.74) is 1.36. The fraction of sp³-hybridized carbons (Fsp3) is 0.417. The summed E-state index contributed by atoms with van der Waals surface area (Å²) in [5.74, 6) is 0.551. The van der Waals surface area contributed by atoms with E-state index < -0.39 is 0 Å². The zero-order valence-electron chi connectivity index (χ0n) is 10.9. The summed E-state index contributed by atoms with van der Waals surface area (Å²) < 4.78 is 3.32. The van der Waals surface area contributed by atoms with Gasteiger partial charge in [0.05, 0.1) is 23.0 Å².